The number of amides is 1. The molecule has 2 N–H and O–H groups in total. The number of nitrogens with one attached hydrogen (secondary N) is 2. The van der Waals surface area contributed by atoms with E-state index in [0.29, 0.717) is 5.69 Å². The van der Waals surface area contributed by atoms with Crippen LogP contribution < -0.4 is 10.0 Å². The Hall–Kier alpha value is -1.74. The number of likely N-dealkylation sites (N-methyl/N-ethyl adjacent to an activating group) is 1. The number of hydrogen-bond acceptors (Lipinski definition) is 5. The summed E-state index contributed by atoms with van der Waals surface area (Å²) < 4.78 is 27.5. The molecule has 2 rings (SSSR count). The number of thiophene rings is 1. The SMILES string of the molecule is CC(=O)Nc1ccc(S(=O)(=O)NC[C@@H](c2ccsc2)N(C)C)cc1. The van der Waals surface area contributed by atoms with Crippen LogP contribution in [0.5, 0.6) is 0 Å². The van der Waals surface area contributed by atoms with E-state index in [-0.39, 0.29) is 23.4 Å². The summed E-state index contributed by atoms with van der Waals surface area (Å²) in [5, 5.41) is 6.60. The van der Waals surface area contributed by atoms with E-state index in [1.54, 1.807) is 23.5 Å². The lowest BCUT2D eigenvalue weighted by Gasteiger charge is -2.24. The lowest BCUT2D eigenvalue weighted by Crippen LogP contribution is -2.34. The van der Waals surface area contributed by atoms with Gasteiger partial charge >= 0.3 is 0 Å². The summed E-state index contributed by atoms with van der Waals surface area (Å²) in [4.78, 5) is 13.1. The average molecular weight is 367 g/mol. The summed E-state index contributed by atoms with van der Waals surface area (Å²) >= 11 is 1.58. The Morgan fingerprint density at radius 3 is 2.38 bits per heavy atom. The first-order valence-corrected chi connectivity index (χ1v) is 9.78. The van der Waals surface area contributed by atoms with E-state index < -0.39 is 10.0 Å². The molecule has 0 aliphatic carbocycles. The van der Waals surface area contributed by atoms with Crippen LogP contribution in [0.4, 0.5) is 5.69 Å². The van der Waals surface area contributed by atoms with E-state index in [1.165, 1.54) is 19.1 Å². The fourth-order valence-corrected chi connectivity index (χ4v) is 4.00. The van der Waals surface area contributed by atoms with Crippen LogP contribution in [0.15, 0.2) is 46.0 Å². The van der Waals surface area contributed by atoms with Crippen molar-refractivity contribution in [2.75, 3.05) is 26.0 Å². The standard InChI is InChI=1S/C16H21N3O3S2/c1-12(20)18-14-4-6-15(7-5-14)24(21,22)17-10-16(19(2)3)13-8-9-23-11-13/h4-9,11,16-17H,10H2,1-3H3,(H,18,20)/t16-/m0/s1. The van der Waals surface area contributed by atoms with Crippen molar-refractivity contribution in [1.82, 2.24) is 9.62 Å². The predicted octanol–water partition coefficient (Wildman–Crippen LogP) is 2.29. The lowest BCUT2D eigenvalue weighted by atomic mass is 10.1. The Bertz CT molecular complexity index is 769. The maximum atomic E-state index is 12.4. The Labute approximate surface area is 146 Å². The topological polar surface area (TPSA) is 78.5 Å². The van der Waals surface area contributed by atoms with Crippen LogP contribution in [0.3, 0.4) is 0 Å². The molecule has 0 saturated carbocycles. The minimum atomic E-state index is -3.61. The highest BCUT2D eigenvalue weighted by Crippen LogP contribution is 2.21. The van der Waals surface area contributed by atoms with Gasteiger partial charge in [0.05, 0.1) is 4.90 Å². The fraction of sp³-hybridized carbons (Fsp3) is 0.312. The van der Waals surface area contributed by atoms with Crippen LogP contribution in [0.25, 0.3) is 0 Å². The highest BCUT2D eigenvalue weighted by atomic mass is 32.2. The molecule has 2 aromatic rings. The number of anilines is 1. The van der Waals surface area contributed by atoms with Gasteiger partial charge < -0.3 is 10.2 Å². The van der Waals surface area contributed by atoms with Crippen molar-refractivity contribution in [2.45, 2.75) is 17.9 Å². The zero-order valence-corrected chi connectivity index (χ0v) is 15.4. The quantitative estimate of drug-likeness (QED) is 0.787. The summed E-state index contributed by atoms with van der Waals surface area (Å²) in [5.41, 5.74) is 1.64. The molecule has 0 spiro atoms. The zero-order valence-electron chi connectivity index (χ0n) is 13.8. The summed E-state index contributed by atoms with van der Waals surface area (Å²) in [6.07, 6.45) is 0. The summed E-state index contributed by atoms with van der Waals surface area (Å²) in [6.45, 7) is 1.68. The molecular weight excluding hydrogens is 346 g/mol. The molecule has 8 heteroatoms. The van der Waals surface area contributed by atoms with Crippen molar-refractivity contribution in [3.8, 4) is 0 Å². The van der Waals surface area contributed by atoms with Crippen molar-refractivity contribution < 1.29 is 13.2 Å². The molecule has 0 unspecified atom stereocenters. The van der Waals surface area contributed by atoms with Crippen LogP contribution in [-0.4, -0.2) is 39.9 Å². The molecule has 130 valence electrons. The second-order valence-corrected chi connectivity index (χ2v) is 8.14. The third-order valence-electron chi connectivity index (χ3n) is 3.50. The van der Waals surface area contributed by atoms with Crippen molar-refractivity contribution in [3.63, 3.8) is 0 Å². The fourth-order valence-electron chi connectivity index (χ4n) is 2.26. The maximum Gasteiger partial charge on any atom is 0.240 e. The van der Waals surface area contributed by atoms with E-state index in [9.17, 15) is 13.2 Å². The number of carbonyl (C=O) groups excluding carboxylic acids is 1. The van der Waals surface area contributed by atoms with Gasteiger partial charge in [-0.2, -0.15) is 11.3 Å². The number of rotatable bonds is 7. The van der Waals surface area contributed by atoms with Gasteiger partial charge in [-0.05, 0) is 60.8 Å². The molecule has 24 heavy (non-hydrogen) atoms. The second-order valence-electron chi connectivity index (χ2n) is 5.59. The van der Waals surface area contributed by atoms with Gasteiger partial charge in [0.15, 0.2) is 0 Å². The Kier molecular flexibility index (Phi) is 6.11. The zero-order chi connectivity index (χ0) is 17.7. The van der Waals surface area contributed by atoms with Gasteiger partial charge in [0.25, 0.3) is 0 Å². The summed E-state index contributed by atoms with van der Waals surface area (Å²) in [5.74, 6) is -0.201. The monoisotopic (exact) mass is 367 g/mol. The molecule has 0 fully saturated rings. The van der Waals surface area contributed by atoms with Crippen molar-refractivity contribution in [1.29, 1.82) is 0 Å². The molecule has 1 aromatic carbocycles. The molecule has 1 atom stereocenters. The molecule has 0 radical (unpaired) electrons. The molecule has 1 aromatic heterocycles. The highest BCUT2D eigenvalue weighted by Gasteiger charge is 2.20. The van der Waals surface area contributed by atoms with Crippen LogP contribution >= 0.6 is 11.3 Å². The highest BCUT2D eigenvalue weighted by molar-refractivity contribution is 7.89. The van der Waals surface area contributed by atoms with Crippen LogP contribution in [0, 0.1) is 0 Å². The van der Waals surface area contributed by atoms with Crippen molar-refractivity contribution in [3.05, 3.63) is 46.7 Å². The van der Waals surface area contributed by atoms with Crippen molar-refractivity contribution in [2.24, 2.45) is 0 Å². The van der Waals surface area contributed by atoms with Gasteiger partial charge in [0.2, 0.25) is 15.9 Å². The molecule has 0 aliphatic rings. The number of carbonyl (C=O) groups is 1. The van der Waals surface area contributed by atoms with Crippen LogP contribution in [0.2, 0.25) is 0 Å². The Morgan fingerprint density at radius 2 is 1.88 bits per heavy atom. The van der Waals surface area contributed by atoms with Gasteiger partial charge in [-0.1, -0.05) is 0 Å². The number of benzene rings is 1. The first-order chi connectivity index (χ1) is 11.3. The predicted molar refractivity (Wildman–Crippen MR) is 96.7 cm³/mol. The molecule has 1 amide bonds. The molecule has 0 bridgehead atoms. The minimum absolute atomic E-state index is 0.0373. The van der Waals surface area contributed by atoms with Gasteiger partial charge in [-0.15, -0.1) is 0 Å². The average Bonchev–Trinajstić information content (AvgIpc) is 3.01. The smallest absolute Gasteiger partial charge is 0.240 e. The number of nitrogens with zero attached hydrogens (tertiary/aromatic N) is 1. The van der Waals surface area contributed by atoms with Crippen molar-refractivity contribution >= 4 is 33.0 Å². The molecule has 0 aliphatic heterocycles. The van der Waals surface area contributed by atoms with Gasteiger partial charge in [-0.3, -0.25) is 4.79 Å². The van der Waals surface area contributed by atoms with Gasteiger partial charge in [0, 0.05) is 25.2 Å². The number of hydrogen-bond donors (Lipinski definition) is 2. The van der Waals surface area contributed by atoms with E-state index in [0.717, 1.165) is 5.56 Å². The van der Waals surface area contributed by atoms with E-state index in [2.05, 4.69) is 10.0 Å². The Morgan fingerprint density at radius 1 is 1.21 bits per heavy atom. The Balaban J connectivity index is 2.08. The first kappa shape index (κ1) is 18.6. The summed E-state index contributed by atoms with van der Waals surface area (Å²) in [6, 6.07) is 8.04. The van der Waals surface area contributed by atoms with Gasteiger partial charge in [-0.25, -0.2) is 13.1 Å². The minimum Gasteiger partial charge on any atom is -0.326 e. The van der Waals surface area contributed by atoms with E-state index in [1.807, 2.05) is 35.8 Å². The molecular formula is C16H21N3O3S2. The normalized spacial score (nSPS) is 13.0. The number of sulfonamides is 1. The van der Waals surface area contributed by atoms with Crippen LogP contribution in [0.1, 0.15) is 18.5 Å². The largest absolute Gasteiger partial charge is 0.326 e. The third kappa shape index (κ3) is 4.88. The third-order valence-corrected chi connectivity index (χ3v) is 5.64. The molecule has 1 heterocycles. The lowest BCUT2D eigenvalue weighted by molar-refractivity contribution is -0.114. The van der Waals surface area contributed by atoms with E-state index in [4.69, 9.17) is 0 Å². The molecule has 0 saturated heterocycles. The first-order valence-electron chi connectivity index (χ1n) is 7.35. The van der Waals surface area contributed by atoms with Crippen LogP contribution in [-0.2, 0) is 14.8 Å². The van der Waals surface area contributed by atoms with Gasteiger partial charge in [0.1, 0.15) is 0 Å². The summed E-state index contributed by atoms with van der Waals surface area (Å²) in [7, 11) is 0.220. The maximum absolute atomic E-state index is 12.4. The molecule has 6 nitrogen and oxygen atoms in total. The van der Waals surface area contributed by atoms with E-state index >= 15 is 0 Å². The second kappa shape index (κ2) is 7.89.